The summed E-state index contributed by atoms with van der Waals surface area (Å²) in [6, 6.07) is 21.0. The van der Waals surface area contributed by atoms with Crippen molar-refractivity contribution >= 4 is 56.5 Å². The summed E-state index contributed by atoms with van der Waals surface area (Å²) in [5.74, 6) is -1.27. The van der Waals surface area contributed by atoms with Crippen molar-refractivity contribution in [2.24, 2.45) is 0 Å². The lowest BCUT2D eigenvalue weighted by Crippen LogP contribution is -2.31. The van der Waals surface area contributed by atoms with E-state index in [9.17, 15) is 19.5 Å². The second kappa shape index (κ2) is 10.0. The van der Waals surface area contributed by atoms with Crippen LogP contribution in [-0.2, 0) is 0 Å². The minimum absolute atomic E-state index is 0.0307. The summed E-state index contributed by atoms with van der Waals surface area (Å²) in [4.78, 5) is 40.0. The number of nitrogens with one attached hydrogen (secondary N) is 1. The molecule has 0 radical (unpaired) electrons. The first-order chi connectivity index (χ1) is 17.4. The summed E-state index contributed by atoms with van der Waals surface area (Å²) in [5, 5.41) is 13.3. The number of nitrogens with zero attached hydrogens (tertiary/aromatic N) is 1. The monoisotopic (exact) mass is 520 g/mol. The number of anilines is 1. The number of carboxylic acid groups (broad SMARTS) is 1. The third kappa shape index (κ3) is 4.78. The van der Waals surface area contributed by atoms with Crippen molar-refractivity contribution in [1.82, 2.24) is 4.90 Å². The van der Waals surface area contributed by atoms with Crippen LogP contribution >= 0.6 is 22.9 Å². The Morgan fingerprint density at radius 3 is 2.53 bits per heavy atom. The summed E-state index contributed by atoms with van der Waals surface area (Å²) < 4.78 is 6.81. The van der Waals surface area contributed by atoms with Crippen LogP contribution in [0, 0.1) is 0 Å². The van der Waals surface area contributed by atoms with Crippen molar-refractivity contribution in [1.29, 1.82) is 0 Å². The van der Waals surface area contributed by atoms with Crippen LogP contribution in [0.5, 0.6) is 5.75 Å². The van der Waals surface area contributed by atoms with Crippen LogP contribution < -0.4 is 10.1 Å². The van der Waals surface area contributed by atoms with Gasteiger partial charge in [-0.1, -0.05) is 48.0 Å². The summed E-state index contributed by atoms with van der Waals surface area (Å²) in [7, 11) is 0. The van der Waals surface area contributed by atoms with Crippen LogP contribution in [0.25, 0.3) is 10.1 Å². The smallest absolute Gasteiger partial charge is 0.337 e. The topological polar surface area (TPSA) is 95.9 Å². The molecule has 1 unspecified atom stereocenters. The number of hydrogen-bond acceptors (Lipinski definition) is 5. The quantitative estimate of drug-likeness (QED) is 0.335. The largest absolute Gasteiger partial charge is 0.489 e. The highest BCUT2D eigenvalue weighted by atomic mass is 35.5. The fraction of sp³-hybridized carbons (Fsp3) is 0.148. The minimum atomic E-state index is -1.22. The van der Waals surface area contributed by atoms with E-state index in [1.165, 1.54) is 29.5 Å². The Morgan fingerprint density at radius 1 is 1.03 bits per heavy atom. The maximum atomic E-state index is 13.2. The van der Waals surface area contributed by atoms with Crippen molar-refractivity contribution in [2.45, 2.75) is 12.5 Å². The maximum absolute atomic E-state index is 13.2. The predicted molar refractivity (Wildman–Crippen MR) is 140 cm³/mol. The van der Waals surface area contributed by atoms with Gasteiger partial charge in [-0.2, -0.15) is 0 Å². The molecule has 1 atom stereocenters. The van der Waals surface area contributed by atoms with Gasteiger partial charge in [-0.25, -0.2) is 4.79 Å². The molecule has 0 bridgehead atoms. The van der Waals surface area contributed by atoms with Crippen molar-refractivity contribution in [3.05, 3.63) is 93.8 Å². The zero-order valence-corrected chi connectivity index (χ0v) is 20.5. The average molecular weight is 521 g/mol. The number of carbonyl (C=O) groups excluding carboxylic acids is 2. The van der Waals surface area contributed by atoms with Crippen LogP contribution in [0.2, 0.25) is 5.02 Å². The number of fused-ring (bicyclic) bond motifs is 1. The first-order valence-corrected chi connectivity index (χ1v) is 12.5. The van der Waals surface area contributed by atoms with Gasteiger partial charge in [0.15, 0.2) is 0 Å². The number of amides is 2. The Bertz CT molecular complexity index is 1470. The first-order valence-electron chi connectivity index (χ1n) is 11.3. The normalized spacial score (nSPS) is 15.1. The lowest BCUT2D eigenvalue weighted by molar-refractivity contribution is 0.0696. The Balaban J connectivity index is 1.35. The Morgan fingerprint density at radius 2 is 1.78 bits per heavy atom. The Labute approximate surface area is 215 Å². The summed E-state index contributed by atoms with van der Waals surface area (Å²) in [6.07, 6.45) is 0.547. The van der Waals surface area contributed by atoms with E-state index in [0.29, 0.717) is 24.5 Å². The van der Waals surface area contributed by atoms with Crippen molar-refractivity contribution in [3.8, 4) is 5.75 Å². The lowest BCUT2D eigenvalue weighted by atomic mass is 10.1. The molecule has 0 saturated carbocycles. The fourth-order valence-corrected chi connectivity index (χ4v) is 5.60. The molecule has 4 aromatic rings. The zero-order valence-electron chi connectivity index (χ0n) is 18.9. The van der Waals surface area contributed by atoms with E-state index >= 15 is 0 Å². The van der Waals surface area contributed by atoms with E-state index in [-0.39, 0.29) is 33.7 Å². The van der Waals surface area contributed by atoms with Gasteiger partial charge < -0.3 is 20.1 Å². The molecule has 1 saturated heterocycles. The van der Waals surface area contributed by atoms with Gasteiger partial charge in [-0.05, 0) is 36.4 Å². The number of para-hydroxylation sites is 1. The third-order valence-electron chi connectivity index (χ3n) is 5.96. The van der Waals surface area contributed by atoms with Crippen LogP contribution in [0.1, 0.15) is 36.8 Å². The Kier molecular flexibility index (Phi) is 6.63. The molecule has 2 N–H and O–H groups in total. The van der Waals surface area contributed by atoms with Gasteiger partial charge in [0, 0.05) is 28.6 Å². The summed E-state index contributed by atoms with van der Waals surface area (Å²) in [5.41, 5.74) is 0.185. The molecule has 2 heterocycles. The minimum Gasteiger partial charge on any atom is -0.489 e. The molecule has 0 spiro atoms. The van der Waals surface area contributed by atoms with E-state index in [4.69, 9.17) is 16.3 Å². The molecule has 3 aromatic carbocycles. The highest BCUT2D eigenvalue weighted by Gasteiger charge is 2.29. The Hall–Kier alpha value is -3.88. The van der Waals surface area contributed by atoms with Crippen molar-refractivity contribution in [3.63, 3.8) is 0 Å². The van der Waals surface area contributed by atoms with E-state index in [0.717, 1.165) is 15.8 Å². The molecule has 36 heavy (non-hydrogen) atoms. The highest BCUT2D eigenvalue weighted by molar-refractivity contribution is 7.21. The molecule has 182 valence electrons. The van der Waals surface area contributed by atoms with E-state index in [1.54, 1.807) is 4.90 Å². The molecular weight excluding hydrogens is 500 g/mol. The standard InChI is InChI=1S/C27H21ClN2O5S/c28-23-20-8-4-5-9-22(20)36-24(23)25(31)29-21-14-16(10-11-19(21)27(33)34)26(32)30-13-12-18(15-30)35-17-6-2-1-3-7-17/h1-11,14,18H,12-13,15H2,(H,29,31)(H,33,34). The summed E-state index contributed by atoms with van der Waals surface area (Å²) >= 11 is 7.64. The van der Waals surface area contributed by atoms with Gasteiger partial charge in [0.2, 0.25) is 0 Å². The number of thiophene rings is 1. The van der Waals surface area contributed by atoms with Crippen LogP contribution in [-0.4, -0.2) is 47.0 Å². The molecule has 1 aromatic heterocycles. The van der Waals surface area contributed by atoms with E-state index in [1.807, 2.05) is 54.6 Å². The lowest BCUT2D eigenvalue weighted by Gasteiger charge is -2.18. The highest BCUT2D eigenvalue weighted by Crippen LogP contribution is 2.36. The molecule has 1 aliphatic rings. The van der Waals surface area contributed by atoms with Crippen LogP contribution in [0.15, 0.2) is 72.8 Å². The van der Waals surface area contributed by atoms with Crippen molar-refractivity contribution < 1.29 is 24.2 Å². The SMILES string of the molecule is O=C(O)c1ccc(C(=O)N2CCC(Oc3ccccc3)C2)cc1NC(=O)c1sc2ccccc2c1Cl. The number of ether oxygens (including phenoxy) is 1. The van der Waals surface area contributed by atoms with Crippen LogP contribution in [0.3, 0.4) is 0 Å². The number of halogens is 1. The van der Waals surface area contributed by atoms with Gasteiger partial charge in [0.05, 0.1) is 22.8 Å². The van der Waals surface area contributed by atoms with E-state index < -0.39 is 11.9 Å². The second-order valence-corrected chi connectivity index (χ2v) is 9.78. The number of carboxylic acids is 1. The van der Waals surface area contributed by atoms with Gasteiger partial charge >= 0.3 is 5.97 Å². The average Bonchev–Trinajstić information content (AvgIpc) is 3.48. The third-order valence-corrected chi connectivity index (χ3v) is 7.64. The number of benzene rings is 3. The molecular formula is C27H21ClN2O5S. The molecule has 2 amide bonds. The molecule has 1 aliphatic heterocycles. The van der Waals surface area contributed by atoms with Gasteiger partial charge in [-0.15, -0.1) is 11.3 Å². The van der Waals surface area contributed by atoms with Gasteiger partial charge in [0.25, 0.3) is 11.8 Å². The molecule has 9 heteroatoms. The maximum Gasteiger partial charge on any atom is 0.337 e. The molecule has 0 aliphatic carbocycles. The molecule has 1 fully saturated rings. The van der Waals surface area contributed by atoms with Crippen molar-refractivity contribution in [2.75, 3.05) is 18.4 Å². The summed E-state index contributed by atoms with van der Waals surface area (Å²) in [6.45, 7) is 0.920. The fourth-order valence-electron chi connectivity index (χ4n) is 4.19. The van der Waals surface area contributed by atoms with E-state index in [2.05, 4.69) is 5.32 Å². The van der Waals surface area contributed by atoms with Gasteiger partial charge in [0.1, 0.15) is 16.7 Å². The number of rotatable bonds is 6. The van der Waals surface area contributed by atoms with Gasteiger partial charge in [-0.3, -0.25) is 9.59 Å². The molecule has 7 nitrogen and oxygen atoms in total. The number of hydrogen-bond donors (Lipinski definition) is 2. The number of likely N-dealkylation sites (tertiary alicyclic amines) is 1. The van der Waals surface area contributed by atoms with Crippen LogP contribution in [0.4, 0.5) is 5.69 Å². The first kappa shape index (κ1) is 23.8. The predicted octanol–water partition coefficient (Wildman–Crippen LogP) is 5.80. The number of aromatic carboxylic acids is 1. The number of carbonyl (C=O) groups is 3. The molecule has 5 rings (SSSR count). The second-order valence-electron chi connectivity index (χ2n) is 8.35. The zero-order chi connectivity index (χ0) is 25.2.